The Bertz CT molecular complexity index is 247. The predicted molar refractivity (Wildman–Crippen MR) is 33.7 cm³/mol. The van der Waals surface area contributed by atoms with Gasteiger partial charge in [-0.05, 0) is 0 Å². The van der Waals surface area contributed by atoms with Crippen LogP contribution in [0.4, 0.5) is 0 Å². The molecule has 0 heterocycles. The van der Waals surface area contributed by atoms with Crippen LogP contribution in [0, 0.1) is 0 Å². The topological polar surface area (TPSA) is 74.6 Å². The molecule has 0 saturated heterocycles. The molecule has 0 unspecified atom stereocenters. The Kier molecular flexibility index (Phi) is 7.41. The van der Waals surface area contributed by atoms with E-state index in [1.807, 2.05) is 0 Å². The maximum Gasteiger partial charge on any atom is 1.00 e. The van der Waals surface area contributed by atoms with Gasteiger partial charge in [-0.1, -0.05) is 0 Å². The Morgan fingerprint density at radius 2 is 1.17 bits per heavy atom. The van der Waals surface area contributed by atoms with Gasteiger partial charge in [0.05, 0.1) is 0 Å². The van der Waals surface area contributed by atoms with E-state index in [9.17, 15) is 9.59 Å². The average molecular weight is 188 g/mol. The van der Waals surface area contributed by atoms with Crippen LogP contribution in [0.25, 0.3) is 0 Å². The van der Waals surface area contributed by atoms with Crippen molar-refractivity contribution in [3.05, 3.63) is 23.7 Å². The summed E-state index contributed by atoms with van der Waals surface area (Å²) in [4.78, 5) is 20.9. The third kappa shape index (κ3) is 3.43. The quantitative estimate of drug-likeness (QED) is 0.293. The minimum Gasteiger partial charge on any atom is -1.00 e. The second-order valence-electron chi connectivity index (χ2n) is 1.79. The Balaban J connectivity index is -0.000000125. The van der Waals surface area contributed by atoms with Crippen molar-refractivity contribution in [3.63, 3.8) is 0 Å². The average Bonchev–Trinajstić information content (AvgIpc) is 1.84. The molecule has 0 atom stereocenters. The molecule has 0 fully saturated rings. The fourth-order valence-electron chi connectivity index (χ4n) is 0.538. The van der Waals surface area contributed by atoms with E-state index in [2.05, 4.69) is 0 Å². The van der Waals surface area contributed by atoms with E-state index < -0.39 is 23.1 Å². The predicted octanol–water partition coefficient (Wildman–Crippen LogP) is -5.74. The van der Waals surface area contributed by atoms with Crippen molar-refractivity contribution in [3.8, 4) is 0 Å². The van der Waals surface area contributed by atoms with Gasteiger partial charge in [-0.15, -0.1) is 0 Å². The van der Waals surface area contributed by atoms with Crippen LogP contribution in [0.3, 0.4) is 0 Å². The van der Waals surface area contributed by atoms with Crippen molar-refractivity contribution in [2.24, 2.45) is 0 Å². The zero-order valence-electron chi connectivity index (χ0n) is 8.87. The molecule has 6 heteroatoms. The summed E-state index contributed by atoms with van der Waals surface area (Å²) < 4.78 is 0. The maximum atomic E-state index is 10.4. The molecule has 56 valence electrons. The van der Waals surface area contributed by atoms with Gasteiger partial charge < -0.3 is 13.1 Å². The first-order valence-corrected chi connectivity index (χ1v) is 2.51. The van der Waals surface area contributed by atoms with E-state index in [0.29, 0.717) is 12.2 Å². The molecular formula is C6H6Na2O4. The molecule has 0 amide bonds. The number of rotatable bonds is 0. The van der Waals surface area contributed by atoms with Gasteiger partial charge in [0.15, 0.2) is 11.5 Å². The second kappa shape index (κ2) is 5.96. The van der Waals surface area contributed by atoms with Gasteiger partial charge in [0.1, 0.15) is 0 Å². The Labute approximate surface area is 116 Å². The SMILES string of the molecule is O=C1C=C(O)C(=O)C=C1O.[H-].[H-].[Na+].[Na+]. The molecule has 1 rings (SSSR count). The molecule has 1 aliphatic rings. The van der Waals surface area contributed by atoms with E-state index >= 15 is 0 Å². The molecule has 2 N–H and O–H groups in total. The van der Waals surface area contributed by atoms with Gasteiger partial charge in [0.25, 0.3) is 0 Å². The summed E-state index contributed by atoms with van der Waals surface area (Å²) >= 11 is 0. The standard InChI is InChI=1S/C6H4O4.2Na.2H/c7-3-1-4(8)6(10)2-5(3)9;;;;/h1-2,7,10H;;;;/q;2*+1;2*-1. The number of ketones is 2. The van der Waals surface area contributed by atoms with E-state index in [1.54, 1.807) is 0 Å². The van der Waals surface area contributed by atoms with Gasteiger partial charge in [-0.3, -0.25) is 9.59 Å². The molecule has 0 radical (unpaired) electrons. The largest absolute Gasteiger partial charge is 1.00 e. The smallest absolute Gasteiger partial charge is 1.00 e. The van der Waals surface area contributed by atoms with Crippen LogP contribution < -0.4 is 59.1 Å². The summed E-state index contributed by atoms with van der Waals surface area (Å²) in [5.41, 5.74) is 0. The number of carbonyl (C=O) groups is 2. The van der Waals surface area contributed by atoms with Crippen LogP contribution in [0.5, 0.6) is 0 Å². The van der Waals surface area contributed by atoms with Gasteiger partial charge in [-0.25, -0.2) is 0 Å². The Hall–Kier alpha value is 0.420. The first kappa shape index (κ1) is 14.9. The fourth-order valence-corrected chi connectivity index (χ4v) is 0.538. The molecule has 4 nitrogen and oxygen atoms in total. The van der Waals surface area contributed by atoms with Crippen LogP contribution in [0.2, 0.25) is 0 Å². The van der Waals surface area contributed by atoms with Crippen LogP contribution in [0.15, 0.2) is 23.7 Å². The second-order valence-corrected chi connectivity index (χ2v) is 1.79. The summed E-state index contributed by atoms with van der Waals surface area (Å²) in [6.45, 7) is 0. The first-order chi connectivity index (χ1) is 4.61. The van der Waals surface area contributed by atoms with Gasteiger partial charge in [-0.2, -0.15) is 0 Å². The van der Waals surface area contributed by atoms with E-state index in [-0.39, 0.29) is 62.0 Å². The van der Waals surface area contributed by atoms with E-state index in [0.717, 1.165) is 0 Å². The zero-order chi connectivity index (χ0) is 7.72. The molecule has 0 bridgehead atoms. The minimum atomic E-state index is -0.753. The number of allylic oxidation sites excluding steroid dienone is 2. The summed E-state index contributed by atoms with van der Waals surface area (Å²) in [6, 6.07) is 0. The zero-order valence-corrected chi connectivity index (χ0v) is 10.9. The number of hydrogen-bond acceptors (Lipinski definition) is 4. The van der Waals surface area contributed by atoms with Crippen molar-refractivity contribution >= 4 is 11.6 Å². The third-order valence-corrected chi connectivity index (χ3v) is 1.04. The summed E-state index contributed by atoms with van der Waals surface area (Å²) in [7, 11) is 0. The van der Waals surface area contributed by atoms with Gasteiger partial charge in [0, 0.05) is 12.2 Å². The molecule has 0 aromatic heterocycles. The molecule has 0 spiro atoms. The monoisotopic (exact) mass is 188 g/mol. The van der Waals surface area contributed by atoms with Crippen molar-refractivity contribution in [2.75, 3.05) is 0 Å². The fraction of sp³-hybridized carbons (Fsp3) is 0. The molecular weight excluding hydrogens is 182 g/mol. The normalized spacial score (nSPS) is 15.3. The Morgan fingerprint density at radius 1 is 0.917 bits per heavy atom. The van der Waals surface area contributed by atoms with E-state index in [4.69, 9.17) is 10.2 Å². The number of aliphatic hydroxyl groups is 2. The summed E-state index contributed by atoms with van der Waals surface area (Å²) in [5.74, 6) is -2.78. The van der Waals surface area contributed by atoms with Crippen LogP contribution in [-0.2, 0) is 9.59 Å². The molecule has 0 aliphatic heterocycles. The number of carbonyl (C=O) groups excluding carboxylic acids is 2. The Morgan fingerprint density at radius 3 is 1.42 bits per heavy atom. The van der Waals surface area contributed by atoms with Crippen molar-refractivity contribution in [1.82, 2.24) is 0 Å². The molecule has 1 aliphatic carbocycles. The first-order valence-electron chi connectivity index (χ1n) is 2.51. The molecule has 12 heavy (non-hydrogen) atoms. The maximum absolute atomic E-state index is 10.4. The van der Waals surface area contributed by atoms with Gasteiger partial charge >= 0.3 is 59.1 Å². The molecule has 0 saturated carbocycles. The third-order valence-electron chi connectivity index (χ3n) is 1.04. The van der Waals surface area contributed by atoms with Crippen LogP contribution in [-0.4, -0.2) is 21.8 Å². The summed E-state index contributed by atoms with van der Waals surface area (Å²) in [5, 5.41) is 17.2. The molecule has 0 aromatic rings. The van der Waals surface area contributed by atoms with Crippen molar-refractivity contribution < 1.29 is 81.8 Å². The van der Waals surface area contributed by atoms with Crippen molar-refractivity contribution in [1.29, 1.82) is 0 Å². The van der Waals surface area contributed by atoms with Gasteiger partial charge in [0.2, 0.25) is 11.6 Å². The summed E-state index contributed by atoms with van der Waals surface area (Å²) in [6.07, 6.45) is 1.36. The number of aliphatic hydroxyl groups excluding tert-OH is 2. The van der Waals surface area contributed by atoms with Crippen LogP contribution >= 0.6 is 0 Å². The van der Waals surface area contributed by atoms with Crippen LogP contribution in [0.1, 0.15) is 2.85 Å². The molecule has 0 aromatic carbocycles. The number of hydrogen-bond donors (Lipinski definition) is 2. The van der Waals surface area contributed by atoms with Crippen molar-refractivity contribution in [2.45, 2.75) is 0 Å². The van der Waals surface area contributed by atoms with E-state index in [1.165, 1.54) is 0 Å². The minimum absolute atomic E-state index is 0.